The van der Waals surface area contributed by atoms with Crippen molar-refractivity contribution in [2.24, 2.45) is 0 Å². The maximum Gasteiger partial charge on any atom is 0.273 e. The number of rotatable bonds is 5. The van der Waals surface area contributed by atoms with Crippen molar-refractivity contribution in [3.05, 3.63) is 30.1 Å². The molecular weight excluding hydrogens is 290 g/mol. The van der Waals surface area contributed by atoms with E-state index in [-0.39, 0.29) is 17.9 Å². The lowest BCUT2D eigenvalue weighted by Crippen LogP contribution is -2.58. The standard InChI is InChI=1S/C18H27N3O2/c1-4-18(2,17(23)20-14-10-6-5-7-11-14)21(3)16(22)15-12-8-9-13-19-15/h8-9,12-14H,4-7,10-11H2,1-3H3,(H,20,23)/t18-/m0/s1. The summed E-state index contributed by atoms with van der Waals surface area (Å²) in [5.41, 5.74) is -0.508. The molecule has 1 aromatic heterocycles. The van der Waals surface area contributed by atoms with Crippen LogP contribution < -0.4 is 5.32 Å². The van der Waals surface area contributed by atoms with E-state index in [1.165, 1.54) is 11.3 Å². The van der Waals surface area contributed by atoms with Gasteiger partial charge in [0, 0.05) is 19.3 Å². The Labute approximate surface area is 138 Å². The van der Waals surface area contributed by atoms with Gasteiger partial charge in [-0.25, -0.2) is 0 Å². The molecule has 1 fully saturated rings. The fraction of sp³-hybridized carbons (Fsp3) is 0.611. The van der Waals surface area contributed by atoms with Crippen LogP contribution in [0, 0.1) is 0 Å². The molecule has 0 unspecified atom stereocenters. The van der Waals surface area contributed by atoms with Crippen molar-refractivity contribution in [2.45, 2.75) is 64.0 Å². The summed E-state index contributed by atoms with van der Waals surface area (Å²) in [4.78, 5) is 31.1. The Morgan fingerprint density at radius 1 is 1.30 bits per heavy atom. The molecular formula is C18H27N3O2. The number of amides is 2. The van der Waals surface area contributed by atoms with Gasteiger partial charge in [0.1, 0.15) is 11.2 Å². The Morgan fingerprint density at radius 2 is 2.00 bits per heavy atom. The van der Waals surface area contributed by atoms with Gasteiger partial charge in [-0.2, -0.15) is 0 Å². The van der Waals surface area contributed by atoms with E-state index in [0.29, 0.717) is 12.1 Å². The largest absolute Gasteiger partial charge is 0.351 e. The number of likely N-dealkylation sites (N-methyl/N-ethyl adjacent to an activating group) is 1. The van der Waals surface area contributed by atoms with Crippen LogP contribution >= 0.6 is 0 Å². The fourth-order valence-electron chi connectivity index (χ4n) is 3.02. The van der Waals surface area contributed by atoms with E-state index < -0.39 is 5.54 Å². The second-order valence-electron chi connectivity index (χ2n) is 6.51. The molecule has 1 heterocycles. The molecule has 2 amide bonds. The van der Waals surface area contributed by atoms with Crippen LogP contribution in [0.3, 0.4) is 0 Å². The molecule has 0 radical (unpaired) electrons. The van der Waals surface area contributed by atoms with Gasteiger partial charge in [0.2, 0.25) is 5.91 Å². The van der Waals surface area contributed by atoms with Gasteiger partial charge >= 0.3 is 0 Å². The smallest absolute Gasteiger partial charge is 0.273 e. The zero-order valence-electron chi connectivity index (χ0n) is 14.3. The summed E-state index contributed by atoms with van der Waals surface area (Å²) in [6.45, 7) is 3.76. The lowest BCUT2D eigenvalue weighted by molar-refractivity contribution is -0.131. The Kier molecular flexibility index (Phi) is 5.74. The highest BCUT2D eigenvalue weighted by atomic mass is 16.2. The zero-order chi connectivity index (χ0) is 16.9. The van der Waals surface area contributed by atoms with E-state index in [9.17, 15) is 9.59 Å². The summed E-state index contributed by atoms with van der Waals surface area (Å²) in [5, 5.41) is 3.14. The molecule has 0 aromatic carbocycles. The third-order valence-corrected chi connectivity index (χ3v) is 5.05. The van der Waals surface area contributed by atoms with E-state index in [1.807, 2.05) is 13.8 Å². The van der Waals surface area contributed by atoms with Gasteiger partial charge in [-0.3, -0.25) is 14.6 Å². The summed E-state index contributed by atoms with van der Waals surface area (Å²) in [5.74, 6) is -0.299. The first-order chi connectivity index (χ1) is 11.0. The molecule has 1 N–H and O–H groups in total. The average molecular weight is 317 g/mol. The summed E-state index contributed by atoms with van der Waals surface area (Å²) in [6, 6.07) is 5.46. The summed E-state index contributed by atoms with van der Waals surface area (Å²) < 4.78 is 0. The number of carbonyl (C=O) groups is 2. The van der Waals surface area contributed by atoms with Gasteiger partial charge in [0.15, 0.2) is 0 Å². The minimum Gasteiger partial charge on any atom is -0.351 e. The molecule has 1 aliphatic rings. The van der Waals surface area contributed by atoms with Crippen LogP contribution in [0.25, 0.3) is 0 Å². The second-order valence-corrected chi connectivity index (χ2v) is 6.51. The summed E-state index contributed by atoms with van der Waals surface area (Å²) in [7, 11) is 1.68. The van der Waals surface area contributed by atoms with Crippen molar-refractivity contribution in [1.82, 2.24) is 15.2 Å². The van der Waals surface area contributed by atoms with Gasteiger partial charge in [-0.05, 0) is 38.3 Å². The Balaban J connectivity index is 2.11. The first-order valence-electron chi connectivity index (χ1n) is 8.49. The van der Waals surface area contributed by atoms with Crippen LogP contribution in [-0.4, -0.2) is 40.3 Å². The number of aromatic nitrogens is 1. The molecule has 0 spiro atoms. The number of nitrogens with one attached hydrogen (secondary N) is 1. The van der Waals surface area contributed by atoms with E-state index >= 15 is 0 Å². The van der Waals surface area contributed by atoms with E-state index in [4.69, 9.17) is 0 Å². The minimum absolute atomic E-state index is 0.0707. The molecule has 1 aliphatic carbocycles. The van der Waals surface area contributed by atoms with Crippen molar-refractivity contribution in [3.63, 3.8) is 0 Å². The lowest BCUT2D eigenvalue weighted by Gasteiger charge is -2.38. The van der Waals surface area contributed by atoms with Gasteiger partial charge in [0.25, 0.3) is 5.91 Å². The molecule has 126 valence electrons. The first-order valence-corrected chi connectivity index (χ1v) is 8.49. The minimum atomic E-state index is -0.869. The molecule has 5 heteroatoms. The fourth-order valence-corrected chi connectivity index (χ4v) is 3.02. The van der Waals surface area contributed by atoms with Crippen molar-refractivity contribution in [1.29, 1.82) is 0 Å². The van der Waals surface area contributed by atoms with Crippen molar-refractivity contribution >= 4 is 11.8 Å². The van der Waals surface area contributed by atoms with Gasteiger partial charge in [-0.1, -0.05) is 32.3 Å². The van der Waals surface area contributed by atoms with E-state index in [1.54, 1.807) is 31.4 Å². The van der Waals surface area contributed by atoms with Crippen LogP contribution in [0.2, 0.25) is 0 Å². The lowest BCUT2D eigenvalue weighted by atomic mass is 9.91. The molecule has 23 heavy (non-hydrogen) atoms. The summed E-state index contributed by atoms with van der Waals surface area (Å²) >= 11 is 0. The van der Waals surface area contributed by atoms with Crippen LogP contribution in [-0.2, 0) is 4.79 Å². The number of carbonyl (C=O) groups excluding carboxylic acids is 2. The highest BCUT2D eigenvalue weighted by Crippen LogP contribution is 2.23. The third kappa shape index (κ3) is 3.89. The van der Waals surface area contributed by atoms with Gasteiger partial charge < -0.3 is 10.2 Å². The maximum atomic E-state index is 12.8. The Bertz CT molecular complexity index is 540. The van der Waals surface area contributed by atoms with Crippen molar-refractivity contribution in [2.75, 3.05) is 7.05 Å². The van der Waals surface area contributed by atoms with Crippen LogP contribution in [0.1, 0.15) is 62.9 Å². The topological polar surface area (TPSA) is 62.3 Å². The number of nitrogens with zero attached hydrogens (tertiary/aromatic N) is 2. The number of hydrogen-bond acceptors (Lipinski definition) is 3. The Morgan fingerprint density at radius 3 is 2.57 bits per heavy atom. The van der Waals surface area contributed by atoms with Crippen LogP contribution in [0.4, 0.5) is 0 Å². The molecule has 5 nitrogen and oxygen atoms in total. The Hall–Kier alpha value is -1.91. The van der Waals surface area contributed by atoms with Gasteiger partial charge in [0.05, 0.1) is 0 Å². The predicted molar refractivity (Wildman–Crippen MR) is 90.0 cm³/mol. The highest BCUT2D eigenvalue weighted by molar-refractivity contribution is 5.97. The number of pyridine rings is 1. The molecule has 2 rings (SSSR count). The second kappa shape index (κ2) is 7.57. The summed E-state index contributed by atoms with van der Waals surface area (Å²) in [6.07, 6.45) is 7.78. The predicted octanol–water partition coefficient (Wildman–Crippen LogP) is 2.77. The van der Waals surface area contributed by atoms with E-state index in [2.05, 4.69) is 10.3 Å². The first kappa shape index (κ1) is 17.4. The van der Waals surface area contributed by atoms with Crippen molar-refractivity contribution in [3.8, 4) is 0 Å². The molecule has 0 aliphatic heterocycles. The molecule has 1 aromatic rings. The normalized spacial score (nSPS) is 18.0. The van der Waals surface area contributed by atoms with Crippen LogP contribution in [0.15, 0.2) is 24.4 Å². The third-order valence-electron chi connectivity index (χ3n) is 5.05. The quantitative estimate of drug-likeness (QED) is 0.908. The van der Waals surface area contributed by atoms with Crippen LogP contribution in [0.5, 0.6) is 0 Å². The number of hydrogen-bond donors (Lipinski definition) is 1. The molecule has 1 atom stereocenters. The highest BCUT2D eigenvalue weighted by Gasteiger charge is 2.39. The maximum absolute atomic E-state index is 12.8. The molecule has 0 saturated heterocycles. The molecule has 0 bridgehead atoms. The average Bonchev–Trinajstić information content (AvgIpc) is 2.61. The SMILES string of the molecule is CC[C@@](C)(C(=O)NC1CCCCC1)N(C)C(=O)c1ccccn1. The van der Waals surface area contributed by atoms with Crippen molar-refractivity contribution < 1.29 is 9.59 Å². The monoisotopic (exact) mass is 317 g/mol. The zero-order valence-corrected chi connectivity index (χ0v) is 14.3. The molecule has 1 saturated carbocycles. The van der Waals surface area contributed by atoms with E-state index in [0.717, 1.165) is 25.7 Å². The van der Waals surface area contributed by atoms with Gasteiger partial charge in [-0.15, -0.1) is 0 Å².